The van der Waals surface area contributed by atoms with Gasteiger partial charge in [-0.1, -0.05) is 37.4 Å². The van der Waals surface area contributed by atoms with Crippen LogP contribution in [0.4, 0.5) is 0 Å². The fourth-order valence-corrected chi connectivity index (χ4v) is 4.73. The van der Waals surface area contributed by atoms with Crippen molar-refractivity contribution < 1.29 is 47.6 Å². The highest BCUT2D eigenvalue weighted by atomic mass is 16.5. The Labute approximate surface area is 311 Å². The molecule has 280 valence electrons. The number of carbonyl (C=O) groups is 4. The van der Waals surface area contributed by atoms with Crippen LogP contribution in [-0.2, 0) is 28.7 Å². The first-order valence-corrected chi connectivity index (χ1v) is 17.7. The van der Waals surface area contributed by atoms with Crippen molar-refractivity contribution in [2.45, 2.75) is 58.3 Å². The van der Waals surface area contributed by atoms with E-state index in [1.165, 1.54) is 12.2 Å². The number of unbranched alkanes of at least 4 members (excludes halogenated alkanes) is 6. The van der Waals surface area contributed by atoms with Gasteiger partial charge in [-0.2, -0.15) is 0 Å². The maximum absolute atomic E-state index is 12.5. The third-order valence-corrected chi connectivity index (χ3v) is 7.60. The maximum atomic E-state index is 12.5. The van der Waals surface area contributed by atoms with Crippen molar-refractivity contribution in [1.82, 2.24) is 0 Å². The molecule has 0 saturated carbocycles. The Balaban J connectivity index is 1.32. The van der Waals surface area contributed by atoms with Gasteiger partial charge in [0.2, 0.25) is 0 Å². The summed E-state index contributed by atoms with van der Waals surface area (Å²) in [5.74, 6) is 0.258. The van der Waals surface area contributed by atoms with E-state index >= 15 is 0 Å². The average Bonchev–Trinajstić information content (AvgIpc) is 3.17. The molecule has 0 atom stereocenters. The number of carbonyl (C=O) groups excluding carboxylic acids is 4. The van der Waals surface area contributed by atoms with Crippen LogP contribution in [0.1, 0.15) is 68.1 Å². The van der Waals surface area contributed by atoms with Crippen molar-refractivity contribution in [3.05, 3.63) is 121 Å². The van der Waals surface area contributed by atoms with Crippen molar-refractivity contribution >= 4 is 36.0 Å². The fourth-order valence-electron chi connectivity index (χ4n) is 4.73. The number of hydrogen-bond donors (Lipinski definition) is 0. The van der Waals surface area contributed by atoms with Crippen LogP contribution in [0.25, 0.3) is 12.2 Å². The first-order chi connectivity index (χ1) is 25.7. The van der Waals surface area contributed by atoms with Crippen LogP contribution in [0.3, 0.4) is 0 Å². The van der Waals surface area contributed by atoms with Crippen molar-refractivity contribution in [3.8, 4) is 23.0 Å². The molecule has 3 rings (SSSR count). The fraction of sp³-hybridized carbons (Fsp3) is 0.302. The van der Waals surface area contributed by atoms with E-state index in [0.717, 1.165) is 86.1 Å². The summed E-state index contributed by atoms with van der Waals surface area (Å²) in [6.07, 6.45) is 15.5. The molecule has 0 aliphatic rings. The zero-order valence-corrected chi connectivity index (χ0v) is 30.3. The number of ether oxygens (including phenoxy) is 6. The lowest BCUT2D eigenvalue weighted by molar-refractivity contribution is -0.138. The van der Waals surface area contributed by atoms with Gasteiger partial charge in [0.25, 0.3) is 0 Å². The molecular weight excluding hydrogens is 676 g/mol. The van der Waals surface area contributed by atoms with Crippen LogP contribution in [0.15, 0.2) is 104 Å². The van der Waals surface area contributed by atoms with E-state index in [-0.39, 0.29) is 0 Å². The molecule has 0 bridgehead atoms. The van der Waals surface area contributed by atoms with Gasteiger partial charge >= 0.3 is 23.9 Å². The minimum atomic E-state index is -0.547. The summed E-state index contributed by atoms with van der Waals surface area (Å²) in [4.78, 5) is 46.9. The summed E-state index contributed by atoms with van der Waals surface area (Å²) in [7, 11) is 0. The van der Waals surface area contributed by atoms with Crippen LogP contribution in [-0.4, -0.2) is 50.3 Å². The van der Waals surface area contributed by atoms with Gasteiger partial charge in [0.05, 0.1) is 26.4 Å². The van der Waals surface area contributed by atoms with Crippen LogP contribution < -0.4 is 18.9 Å². The molecule has 0 aliphatic heterocycles. The van der Waals surface area contributed by atoms with E-state index in [1.807, 2.05) is 48.5 Å². The highest BCUT2D eigenvalue weighted by molar-refractivity contribution is 5.90. The molecular formula is C43H48O10. The Morgan fingerprint density at radius 3 is 1.36 bits per heavy atom. The minimum absolute atomic E-state index is 0.322. The van der Waals surface area contributed by atoms with E-state index in [0.29, 0.717) is 43.5 Å². The Morgan fingerprint density at radius 1 is 0.509 bits per heavy atom. The first kappa shape index (κ1) is 41.5. The first-order valence-electron chi connectivity index (χ1n) is 17.7. The summed E-state index contributed by atoms with van der Waals surface area (Å²) >= 11 is 0. The summed E-state index contributed by atoms with van der Waals surface area (Å²) in [6.45, 7) is 10.4. The predicted molar refractivity (Wildman–Crippen MR) is 204 cm³/mol. The number of rotatable bonds is 24. The number of hydrogen-bond acceptors (Lipinski definition) is 10. The van der Waals surface area contributed by atoms with Crippen LogP contribution in [0.5, 0.6) is 23.0 Å². The van der Waals surface area contributed by atoms with Gasteiger partial charge in [-0.25, -0.2) is 19.2 Å². The standard InChI is InChI=1S/C43H48O10/c1-4-40(44)50-30-12-8-6-10-28-48-36-20-14-34(15-21-36)18-26-42(46)52-38-24-25-39(33(3)32-38)53-43(47)27-19-35-16-22-37(23-17-35)49-29-11-7-9-13-31-51-41(45)5-2/h4-5,14-27,32H,1-2,6-13,28-31H2,3H3/b26-18-,27-19+. The van der Waals surface area contributed by atoms with E-state index in [9.17, 15) is 19.2 Å². The summed E-state index contributed by atoms with van der Waals surface area (Å²) in [5.41, 5.74) is 2.25. The lowest BCUT2D eigenvalue weighted by Crippen LogP contribution is -2.06. The quantitative estimate of drug-likeness (QED) is 0.0384. The van der Waals surface area contributed by atoms with Crippen molar-refractivity contribution in [3.63, 3.8) is 0 Å². The molecule has 0 heterocycles. The molecule has 0 saturated heterocycles. The Hall–Kier alpha value is -5.90. The molecule has 0 aliphatic carbocycles. The second-order valence-electron chi connectivity index (χ2n) is 11.8. The number of benzene rings is 3. The highest BCUT2D eigenvalue weighted by Crippen LogP contribution is 2.24. The molecule has 0 fully saturated rings. The molecule has 3 aromatic rings. The van der Waals surface area contributed by atoms with Gasteiger partial charge in [0, 0.05) is 24.3 Å². The largest absolute Gasteiger partial charge is 0.494 e. The summed E-state index contributed by atoms with van der Waals surface area (Å²) < 4.78 is 32.4. The second kappa shape index (κ2) is 24.3. The van der Waals surface area contributed by atoms with Crippen molar-refractivity contribution in [2.75, 3.05) is 26.4 Å². The third kappa shape index (κ3) is 17.7. The molecule has 3 aromatic carbocycles. The molecule has 53 heavy (non-hydrogen) atoms. The maximum Gasteiger partial charge on any atom is 0.336 e. The zero-order chi connectivity index (χ0) is 38.1. The molecule has 10 nitrogen and oxygen atoms in total. The highest BCUT2D eigenvalue weighted by Gasteiger charge is 2.08. The molecule has 10 heteroatoms. The van der Waals surface area contributed by atoms with Gasteiger partial charge in [0.1, 0.15) is 23.0 Å². The monoisotopic (exact) mass is 724 g/mol. The molecule has 0 spiro atoms. The van der Waals surface area contributed by atoms with E-state index < -0.39 is 23.9 Å². The van der Waals surface area contributed by atoms with Crippen LogP contribution >= 0.6 is 0 Å². The van der Waals surface area contributed by atoms with Crippen LogP contribution in [0, 0.1) is 6.92 Å². The molecule has 0 unspecified atom stereocenters. The smallest absolute Gasteiger partial charge is 0.336 e. The lowest BCUT2D eigenvalue weighted by Gasteiger charge is -2.08. The lowest BCUT2D eigenvalue weighted by atomic mass is 10.2. The van der Waals surface area contributed by atoms with Gasteiger partial charge in [-0.3, -0.25) is 0 Å². The Kier molecular flexibility index (Phi) is 19.0. The van der Waals surface area contributed by atoms with Crippen molar-refractivity contribution in [1.29, 1.82) is 0 Å². The Morgan fingerprint density at radius 2 is 0.925 bits per heavy atom. The van der Waals surface area contributed by atoms with Gasteiger partial charge < -0.3 is 28.4 Å². The predicted octanol–water partition coefficient (Wildman–Crippen LogP) is 8.57. The minimum Gasteiger partial charge on any atom is -0.494 e. The second-order valence-corrected chi connectivity index (χ2v) is 11.8. The van der Waals surface area contributed by atoms with E-state index in [4.69, 9.17) is 28.4 Å². The zero-order valence-electron chi connectivity index (χ0n) is 30.3. The normalized spacial score (nSPS) is 10.8. The number of esters is 4. The molecule has 0 N–H and O–H groups in total. The van der Waals surface area contributed by atoms with Gasteiger partial charge in [-0.15, -0.1) is 0 Å². The topological polar surface area (TPSA) is 124 Å². The molecule has 0 amide bonds. The average molecular weight is 725 g/mol. The van der Waals surface area contributed by atoms with Crippen molar-refractivity contribution in [2.24, 2.45) is 0 Å². The SMILES string of the molecule is C=CC(=O)OCCCCCCOc1ccc(/C=C\C(=O)Oc2ccc(OC(=O)/C=C/c3ccc(OCCCCCCOC(=O)C=C)cc3)c(C)c2)cc1. The summed E-state index contributed by atoms with van der Waals surface area (Å²) in [6, 6.07) is 19.5. The van der Waals surface area contributed by atoms with E-state index in [2.05, 4.69) is 13.2 Å². The van der Waals surface area contributed by atoms with Gasteiger partial charge in [-0.05, 0) is 130 Å². The third-order valence-electron chi connectivity index (χ3n) is 7.60. The molecule has 0 aromatic heterocycles. The number of aryl methyl sites for hydroxylation is 1. The summed E-state index contributed by atoms with van der Waals surface area (Å²) in [5, 5.41) is 0. The van der Waals surface area contributed by atoms with E-state index in [1.54, 1.807) is 37.3 Å². The Bertz CT molecular complexity index is 1690. The molecule has 0 radical (unpaired) electrons. The van der Waals surface area contributed by atoms with Gasteiger partial charge in [0.15, 0.2) is 0 Å². The van der Waals surface area contributed by atoms with Crippen LogP contribution in [0.2, 0.25) is 0 Å².